The van der Waals surface area contributed by atoms with Crippen LogP contribution in [0.15, 0.2) is 18.5 Å². The number of hydrogen-bond donors (Lipinski definition) is 1. The number of rotatable bonds is 3. The minimum Gasteiger partial charge on any atom is -0.471 e. The second-order valence-corrected chi connectivity index (χ2v) is 5.73. The molecule has 0 saturated heterocycles. The molecule has 2 aromatic heterocycles. The normalized spacial score (nSPS) is 18.3. The SMILES string of the molecule is Cc1cc2c([C@@H](C)N)cnc(OC3(C)CC3)c2cn1. The first-order chi connectivity index (χ1) is 8.98. The number of pyridine rings is 2. The van der Waals surface area contributed by atoms with Gasteiger partial charge >= 0.3 is 0 Å². The Morgan fingerprint density at radius 1 is 1.26 bits per heavy atom. The van der Waals surface area contributed by atoms with Gasteiger partial charge in [0.1, 0.15) is 5.60 Å². The summed E-state index contributed by atoms with van der Waals surface area (Å²) in [5.74, 6) is 0.673. The van der Waals surface area contributed by atoms with Crippen molar-refractivity contribution in [3.63, 3.8) is 0 Å². The lowest BCUT2D eigenvalue weighted by Crippen LogP contribution is -2.14. The van der Waals surface area contributed by atoms with E-state index in [1.807, 2.05) is 26.2 Å². The van der Waals surface area contributed by atoms with E-state index in [9.17, 15) is 0 Å². The standard InChI is InChI=1S/C15H19N3O/c1-9-6-11-12(10(2)16)7-18-14(13(11)8-17-9)19-15(3)4-5-15/h6-8,10H,4-5,16H2,1-3H3/t10-/m1/s1. The van der Waals surface area contributed by atoms with Gasteiger partial charge in [0.25, 0.3) is 0 Å². The second kappa shape index (κ2) is 4.17. The molecule has 4 nitrogen and oxygen atoms in total. The lowest BCUT2D eigenvalue weighted by Gasteiger charge is -2.16. The minimum absolute atomic E-state index is 0.0410. The summed E-state index contributed by atoms with van der Waals surface area (Å²) in [6.07, 6.45) is 5.84. The molecular formula is C15H19N3O. The van der Waals surface area contributed by atoms with Gasteiger partial charge < -0.3 is 10.5 Å². The first kappa shape index (κ1) is 12.4. The molecule has 1 aliphatic carbocycles. The summed E-state index contributed by atoms with van der Waals surface area (Å²) in [4.78, 5) is 8.80. The van der Waals surface area contributed by atoms with E-state index in [2.05, 4.69) is 23.0 Å². The van der Waals surface area contributed by atoms with Crippen molar-refractivity contribution in [1.82, 2.24) is 9.97 Å². The van der Waals surface area contributed by atoms with Crippen LogP contribution in [-0.2, 0) is 0 Å². The van der Waals surface area contributed by atoms with E-state index >= 15 is 0 Å². The van der Waals surface area contributed by atoms with E-state index in [-0.39, 0.29) is 11.6 Å². The number of ether oxygens (including phenoxy) is 1. The molecule has 19 heavy (non-hydrogen) atoms. The molecule has 1 aliphatic rings. The van der Waals surface area contributed by atoms with Gasteiger partial charge in [0.15, 0.2) is 0 Å². The molecule has 1 saturated carbocycles. The molecule has 0 unspecified atom stereocenters. The number of nitrogens with zero attached hydrogens (tertiary/aromatic N) is 2. The van der Waals surface area contributed by atoms with E-state index in [0.29, 0.717) is 5.88 Å². The van der Waals surface area contributed by atoms with Gasteiger partial charge in [-0.1, -0.05) is 0 Å². The molecule has 3 rings (SSSR count). The highest BCUT2D eigenvalue weighted by Crippen LogP contribution is 2.41. The van der Waals surface area contributed by atoms with Crippen molar-refractivity contribution < 1.29 is 4.74 Å². The van der Waals surface area contributed by atoms with Gasteiger partial charge in [0.2, 0.25) is 5.88 Å². The zero-order valence-corrected chi connectivity index (χ0v) is 11.6. The monoisotopic (exact) mass is 257 g/mol. The van der Waals surface area contributed by atoms with Crippen LogP contribution in [0, 0.1) is 6.92 Å². The summed E-state index contributed by atoms with van der Waals surface area (Å²) >= 11 is 0. The van der Waals surface area contributed by atoms with E-state index in [0.717, 1.165) is 34.9 Å². The average molecular weight is 257 g/mol. The Morgan fingerprint density at radius 2 is 2.00 bits per heavy atom. The van der Waals surface area contributed by atoms with Crippen LogP contribution in [0.5, 0.6) is 5.88 Å². The zero-order chi connectivity index (χ0) is 13.6. The average Bonchev–Trinajstić information content (AvgIpc) is 3.06. The predicted octanol–water partition coefficient (Wildman–Crippen LogP) is 2.89. The molecule has 4 heteroatoms. The Labute approximate surface area is 113 Å². The Balaban J connectivity index is 2.17. The minimum atomic E-state index is -0.0534. The number of aryl methyl sites for hydroxylation is 1. The molecule has 0 spiro atoms. The van der Waals surface area contributed by atoms with E-state index in [1.54, 1.807) is 0 Å². The summed E-state index contributed by atoms with van der Waals surface area (Å²) in [7, 11) is 0. The van der Waals surface area contributed by atoms with Crippen LogP contribution >= 0.6 is 0 Å². The third-order valence-corrected chi connectivity index (χ3v) is 3.69. The van der Waals surface area contributed by atoms with E-state index < -0.39 is 0 Å². The van der Waals surface area contributed by atoms with Crippen molar-refractivity contribution in [3.05, 3.63) is 29.7 Å². The van der Waals surface area contributed by atoms with Gasteiger partial charge in [-0.2, -0.15) is 0 Å². The van der Waals surface area contributed by atoms with Gasteiger partial charge in [-0.05, 0) is 50.6 Å². The molecule has 0 bridgehead atoms. The molecule has 0 aliphatic heterocycles. The van der Waals surface area contributed by atoms with Gasteiger partial charge in [0.05, 0.1) is 5.39 Å². The summed E-state index contributed by atoms with van der Waals surface area (Å²) < 4.78 is 6.01. The van der Waals surface area contributed by atoms with E-state index in [1.165, 1.54) is 0 Å². The Bertz CT molecular complexity index is 633. The topological polar surface area (TPSA) is 61.0 Å². The van der Waals surface area contributed by atoms with Crippen LogP contribution in [0.4, 0.5) is 0 Å². The van der Waals surface area contributed by atoms with Gasteiger partial charge in [-0.3, -0.25) is 4.98 Å². The number of hydrogen-bond acceptors (Lipinski definition) is 4. The lowest BCUT2D eigenvalue weighted by atomic mass is 10.0. The number of fused-ring (bicyclic) bond motifs is 1. The van der Waals surface area contributed by atoms with Gasteiger partial charge in [-0.15, -0.1) is 0 Å². The molecule has 0 amide bonds. The summed E-state index contributed by atoms with van der Waals surface area (Å²) in [5, 5.41) is 2.05. The van der Waals surface area contributed by atoms with Crippen molar-refractivity contribution in [2.75, 3.05) is 0 Å². The molecule has 2 aromatic rings. The van der Waals surface area contributed by atoms with E-state index in [4.69, 9.17) is 10.5 Å². The van der Waals surface area contributed by atoms with Crippen molar-refractivity contribution in [1.29, 1.82) is 0 Å². The third-order valence-electron chi connectivity index (χ3n) is 3.69. The highest BCUT2D eigenvalue weighted by atomic mass is 16.5. The molecule has 0 radical (unpaired) electrons. The van der Waals surface area contributed by atoms with Crippen LogP contribution < -0.4 is 10.5 Å². The van der Waals surface area contributed by atoms with Crippen molar-refractivity contribution >= 4 is 10.8 Å². The largest absolute Gasteiger partial charge is 0.471 e. The first-order valence-corrected chi connectivity index (χ1v) is 6.68. The summed E-state index contributed by atoms with van der Waals surface area (Å²) in [6.45, 7) is 6.06. The first-order valence-electron chi connectivity index (χ1n) is 6.68. The molecule has 2 N–H and O–H groups in total. The maximum absolute atomic E-state index is 6.02. The Kier molecular flexibility index (Phi) is 2.71. The van der Waals surface area contributed by atoms with Gasteiger partial charge in [-0.25, -0.2) is 4.98 Å². The molecule has 1 atom stereocenters. The fraction of sp³-hybridized carbons (Fsp3) is 0.467. The molecule has 2 heterocycles. The zero-order valence-electron chi connectivity index (χ0n) is 11.6. The quantitative estimate of drug-likeness (QED) is 0.918. The maximum Gasteiger partial charge on any atom is 0.223 e. The predicted molar refractivity (Wildman–Crippen MR) is 75.1 cm³/mol. The Morgan fingerprint density at radius 3 is 2.63 bits per heavy atom. The van der Waals surface area contributed by atoms with Crippen LogP contribution in [0.2, 0.25) is 0 Å². The van der Waals surface area contributed by atoms with Crippen molar-refractivity contribution in [2.24, 2.45) is 5.73 Å². The lowest BCUT2D eigenvalue weighted by molar-refractivity contribution is 0.194. The molecule has 0 aromatic carbocycles. The Hall–Kier alpha value is -1.68. The number of aromatic nitrogens is 2. The molecular weight excluding hydrogens is 238 g/mol. The molecule has 100 valence electrons. The summed E-state index contributed by atoms with van der Waals surface area (Å²) in [5.41, 5.74) is 7.99. The number of nitrogens with two attached hydrogens (primary N) is 1. The highest BCUT2D eigenvalue weighted by Gasteiger charge is 2.40. The van der Waals surface area contributed by atoms with Crippen LogP contribution in [0.3, 0.4) is 0 Å². The fourth-order valence-corrected chi connectivity index (χ4v) is 2.19. The second-order valence-electron chi connectivity index (χ2n) is 5.73. The van der Waals surface area contributed by atoms with Crippen LogP contribution in [0.1, 0.15) is 44.0 Å². The van der Waals surface area contributed by atoms with Crippen molar-refractivity contribution in [2.45, 2.75) is 45.3 Å². The smallest absolute Gasteiger partial charge is 0.223 e. The maximum atomic E-state index is 6.02. The fourth-order valence-electron chi connectivity index (χ4n) is 2.19. The highest BCUT2D eigenvalue weighted by molar-refractivity contribution is 5.89. The summed E-state index contributed by atoms with van der Waals surface area (Å²) in [6, 6.07) is 2.00. The molecule has 1 fully saturated rings. The van der Waals surface area contributed by atoms with Crippen molar-refractivity contribution in [3.8, 4) is 5.88 Å². The van der Waals surface area contributed by atoms with Gasteiger partial charge in [0, 0.05) is 24.1 Å². The third kappa shape index (κ3) is 2.28. The van der Waals surface area contributed by atoms with Crippen LogP contribution in [0.25, 0.3) is 10.8 Å². The van der Waals surface area contributed by atoms with Crippen LogP contribution in [-0.4, -0.2) is 15.6 Å².